The van der Waals surface area contributed by atoms with Crippen molar-refractivity contribution in [1.82, 2.24) is 10.3 Å². The average Bonchev–Trinajstić information content (AvgIpc) is 2.62. The predicted octanol–water partition coefficient (Wildman–Crippen LogP) is 2.50. The van der Waals surface area contributed by atoms with Crippen molar-refractivity contribution in [2.75, 3.05) is 11.4 Å². The van der Waals surface area contributed by atoms with Crippen LogP contribution in [0.15, 0.2) is 18.3 Å². The smallest absolute Gasteiger partial charge is 0.0605 e. The van der Waals surface area contributed by atoms with Crippen LogP contribution in [-0.2, 0) is 0 Å². The third-order valence-electron chi connectivity index (χ3n) is 4.48. The molecule has 0 radical (unpaired) electrons. The van der Waals surface area contributed by atoms with Gasteiger partial charge in [0.25, 0.3) is 0 Å². The van der Waals surface area contributed by atoms with E-state index in [1.54, 1.807) is 0 Å². The summed E-state index contributed by atoms with van der Waals surface area (Å²) >= 11 is 0. The molecule has 98 valence electrons. The Morgan fingerprint density at radius 3 is 2.67 bits per heavy atom. The van der Waals surface area contributed by atoms with E-state index in [-0.39, 0.29) is 0 Å². The van der Waals surface area contributed by atoms with Gasteiger partial charge in [-0.3, -0.25) is 4.98 Å². The first kappa shape index (κ1) is 12.0. The molecule has 0 amide bonds. The Kier molecular flexibility index (Phi) is 3.25. The van der Waals surface area contributed by atoms with Crippen molar-refractivity contribution in [3.63, 3.8) is 0 Å². The van der Waals surface area contributed by atoms with E-state index in [4.69, 9.17) is 0 Å². The highest BCUT2D eigenvalue weighted by atomic mass is 15.2. The molecule has 0 spiro atoms. The lowest BCUT2D eigenvalue weighted by molar-refractivity contribution is 0.361. The number of aryl methyl sites for hydroxylation is 1. The number of hydrogen-bond donors (Lipinski definition) is 1. The van der Waals surface area contributed by atoms with E-state index in [9.17, 15) is 0 Å². The van der Waals surface area contributed by atoms with E-state index < -0.39 is 0 Å². The number of fused-ring (bicyclic) bond motifs is 2. The van der Waals surface area contributed by atoms with Crippen molar-refractivity contribution in [2.45, 2.75) is 57.7 Å². The molecule has 2 bridgehead atoms. The van der Waals surface area contributed by atoms with Gasteiger partial charge in [-0.15, -0.1) is 0 Å². The van der Waals surface area contributed by atoms with E-state index in [0.717, 1.165) is 24.7 Å². The van der Waals surface area contributed by atoms with Gasteiger partial charge in [0, 0.05) is 24.3 Å². The zero-order chi connectivity index (χ0) is 12.5. The van der Waals surface area contributed by atoms with Gasteiger partial charge in [-0.1, -0.05) is 6.92 Å². The van der Waals surface area contributed by atoms with Crippen LogP contribution in [0.2, 0.25) is 0 Å². The molecule has 0 saturated carbocycles. The Labute approximate surface area is 110 Å². The van der Waals surface area contributed by atoms with Gasteiger partial charge in [0.05, 0.1) is 11.4 Å². The summed E-state index contributed by atoms with van der Waals surface area (Å²) in [6.45, 7) is 5.43. The molecule has 3 heterocycles. The van der Waals surface area contributed by atoms with Gasteiger partial charge in [0.1, 0.15) is 0 Å². The minimum absolute atomic E-state index is 0.718. The number of nitrogens with zero attached hydrogens (tertiary/aromatic N) is 2. The monoisotopic (exact) mass is 245 g/mol. The van der Waals surface area contributed by atoms with E-state index in [1.165, 1.54) is 37.1 Å². The molecule has 2 atom stereocenters. The van der Waals surface area contributed by atoms with Crippen LogP contribution in [0.3, 0.4) is 0 Å². The Hall–Kier alpha value is -1.09. The minimum Gasteiger partial charge on any atom is -0.364 e. The molecule has 0 aliphatic carbocycles. The van der Waals surface area contributed by atoms with Crippen molar-refractivity contribution in [3.8, 4) is 0 Å². The predicted molar refractivity (Wildman–Crippen MR) is 75.0 cm³/mol. The normalized spacial score (nSPS) is 30.8. The number of hydrogen-bond acceptors (Lipinski definition) is 3. The molecule has 1 N–H and O–H groups in total. The molecule has 18 heavy (non-hydrogen) atoms. The van der Waals surface area contributed by atoms with Gasteiger partial charge in [-0.25, -0.2) is 0 Å². The molecule has 3 nitrogen and oxygen atoms in total. The molecular formula is C15H23N3. The lowest BCUT2D eigenvalue weighted by atomic mass is 9.96. The van der Waals surface area contributed by atoms with E-state index in [0.29, 0.717) is 0 Å². The fourth-order valence-corrected chi connectivity index (χ4v) is 3.77. The highest BCUT2D eigenvalue weighted by molar-refractivity contribution is 5.53. The first-order chi connectivity index (χ1) is 8.79. The maximum Gasteiger partial charge on any atom is 0.0605 e. The van der Waals surface area contributed by atoms with Crippen LogP contribution in [0.25, 0.3) is 0 Å². The summed E-state index contributed by atoms with van der Waals surface area (Å²) < 4.78 is 0. The zero-order valence-corrected chi connectivity index (χ0v) is 11.4. The highest BCUT2D eigenvalue weighted by Gasteiger charge is 2.40. The van der Waals surface area contributed by atoms with Crippen molar-refractivity contribution >= 4 is 5.69 Å². The van der Waals surface area contributed by atoms with Crippen LogP contribution in [-0.4, -0.2) is 29.7 Å². The number of anilines is 1. The number of pyridine rings is 1. The molecule has 1 aromatic heterocycles. The molecule has 1 aromatic rings. The summed E-state index contributed by atoms with van der Waals surface area (Å²) in [4.78, 5) is 7.10. The molecule has 2 aliphatic rings. The van der Waals surface area contributed by atoms with E-state index in [2.05, 4.69) is 41.2 Å². The fraction of sp³-hybridized carbons (Fsp3) is 0.667. The van der Waals surface area contributed by atoms with Gasteiger partial charge < -0.3 is 10.2 Å². The molecular weight excluding hydrogens is 222 g/mol. The van der Waals surface area contributed by atoms with Crippen molar-refractivity contribution in [2.24, 2.45) is 0 Å². The highest BCUT2D eigenvalue weighted by Crippen LogP contribution is 2.39. The van der Waals surface area contributed by atoms with Gasteiger partial charge in [-0.05, 0) is 51.3 Å². The van der Waals surface area contributed by atoms with Crippen LogP contribution in [0.5, 0.6) is 0 Å². The molecule has 2 aliphatic heterocycles. The van der Waals surface area contributed by atoms with Crippen LogP contribution >= 0.6 is 0 Å². The second-order valence-corrected chi connectivity index (χ2v) is 5.63. The fourth-order valence-electron chi connectivity index (χ4n) is 3.77. The van der Waals surface area contributed by atoms with E-state index >= 15 is 0 Å². The van der Waals surface area contributed by atoms with Gasteiger partial charge >= 0.3 is 0 Å². The molecule has 2 fully saturated rings. The number of piperidine rings is 1. The van der Waals surface area contributed by atoms with Gasteiger partial charge in [0.2, 0.25) is 0 Å². The molecule has 3 rings (SSSR count). The van der Waals surface area contributed by atoms with Crippen molar-refractivity contribution < 1.29 is 0 Å². The Balaban J connectivity index is 1.82. The van der Waals surface area contributed by atoms with Crippen LogP contribution in [0, 0.1) is 6.92 Å². The summed E-state index contributed by atoms with van der Waals surface area (Å²) in [6, 6.07) is 6.46. The maximum atomic E-state index is 4.45. The summed E-state index contributed by atoms with van der Waals surface area (Å²) in [5, 5.41) is 3.63. The molecule has 2 saturated heterocycles. The van der Waals surface area contributed by atoms with E-state index in [1.807, 2.05) is 6.20 Å². The standard InChI is InChI=1S/C15H23N3/c1-3-16-12-9-13-6-7-14(10-12)18(13)15-5-4-8-17-11(15)2/h4-5,8,12-14,16H,3,6-7,9-10H2,1-2H3. The first-order valence-electron chi connectivity index (χ1n) is 7.23. The largest absolute Gasteiger partial charge is 0.364 e. The van der Waals surface area contributed by atoms with Gasteiger partial charge in [0.15, 0.2) is 0 Å². The molecule has 2 unspecified atom stereocenters. The average molecular weight is 245 g/mol. The maximum absolute atomic E-state index is 4.45. The molecule has 3 heteroatoms. The first-order valence-corrected chi connectivity index (χ1v) is 7.23. The number of rotatable bonds is 3. The van der Waals surface area contributed by atoms with Crippen LogP contribution < -0.4 is 10.2 Å². The SMILES string of the molecule is CCNC1CC2CCC(C1)N2c1cccnc1C. The van der Waals surface area contributed by atoms with Crippen LogP contribution in [0.1, 0.15) is 38.3 Å². The Bertz CT molecular complexity index is 404. The Morgan fingerprint density at radius 1 is 1.33 bits per heavy atom. The number of aromatic nitrogens is 1. The van der Waals surface area contributed by atoms with Crippen molar-refractivity contribution in [1.29, 1.82) is 0 Å². The molecule has 0 aromatic carbocycles. The van der Waals surface area contributed by atoms with Gasteiger partial charge in [-0.2, -0.15) is 0 Å². The summed E-state index contributed by atoms with van der Waals surface area (Å²) in [7, 11) is 0. The lowest BCUT2D eigenvalue weighted by Gasteiger charge is -2.41. The third-order valence-corrected chi connectivity index (χ3v) is 4.48. The summed E-state index contributed by atoms with van der Waals surface area (Å²) in [5.41, 5.74) is 2.54. The quantitative estimate of drug-likeness (QED) is 0.887. The third kappa shape index (κ3) is 2.01. The second kappa shape index (κ2) is 4.88. The lowest BCUT2D eigenvalue weighted by Crippen LogP contribution is -2.49. The minimum atomic E-state index is 0.718. The second-order valence-electron chi connectivity index (χ2n) is 5.63. The van der Waals surface area contributed by atoms with Crippen molar-refractivity contribution in [3.05, 3.63) is 24.0 Å². The number of nitrogens with one attached hydrogen (secondary N) is 1. The summed E-state index contributed by atoms with van der Waals surface area (Å²) in [5.74, 6) is 0. The topological polar surface area (TPSA) is 28.2 Å². The zero-order valence-electron chi connectivity index (χ0n) is 11.4. The Morgan fingerprint density at radius 2 is 2.06 bits per heavy atom. The van der Waals surface area contributed by atoms with Crippen LogP contribution in [0.4, 0.5) is 5.69 Å². The summed E-state index contributed by atoms with van der Waals surface area (Å²) in [6.07, 6.45) is 7.17.